The Morgan fingerprint density at radius 2 is 0.373 bits per heavy atom. The topological polar surface area (TPSA) is 83.0 Å². The summed E-state index contributed by atoms with van der Waals surface area (Å²) in [5, 5.41) is 0. The fourth-order valence-corrected chi connectivity index (χ4v) is 9.59. The van der Waals surface area contributed by atoms with E-state index in [0.717, 1.165) is 51.4 Å². The van der Waals surface area contributed by atoms with Gasteiger partial charge in [-0.25, -0.2) is 0 Å². The number of hydrogen-bond acceptors (Lipinski definition) is 8. The molecule has 0 saturated heterocycles. The molecular formula is C48H100O6P2S2Zn. The molecule has 0 fully saturated rings. The first-order chi connectivity index (χ1) is 28.2. The van der Waals surface area contributed by atoms with E-state index < -0.39 is 13.4 Å². The molecule has 0 atom stereocenters. The first-order valence-electron chi connectivity index (χ1n) is 25.4. The summed E-state index contributed by atoms with van der Waals surface area (Å²) in [6.07, 6.45) is 51.0. The molecule has 352 valence electrons. The molecule has 0 bridgehead atoms. The molecule has 0 aliphatic carbocycles. The third-order valence-electron chi connectivity index (χ3n) is 11.0. The largest absolute Gasteiger partial charge is 2.00 e. The van der Waals surface area contributed by atoms with Gasteiger partial charge in [-0.3, -0.25) is 0 Å². The Morgan fingerprint density at radius 3 is 0.508 bits per heavy atom. The van der Waals surface area contributed by atoms with Gasteiger partial charge in [0.25, 0.3) is 0 Å². The van der Waals surface area contributed by atoms with Crippen LogP contribution in [0.25, 0.3) is 0 Å². The van der Waals surface area contributed by atoms with Gasteiger partial charge in [0, 0.05) is 0 Å². The smallest absolute Gasteiger partial charge is 0.780 e. The van der Waals surface area contributed by atoms with Crippen molar-refractivity contribution in [3.63, 3.8) is 0 Å². The first-order valence-corrected chi connectivity index (χ1v) is 30.6. The molecule has 0 aromatic rings. The van der Waals surface area contributed by atoms with Crippen molar-refractivity contribution >= 4 is 37.1 Å². The molecule has 6 nitrogen and oxygen atoms in total. The van der Waals surface area contributed by atoms with E-state index in [0.29, 0.717) is 26.4 Å². The summed E-state index contributed by atoms with van der Waals surface area (Å²) >= 11 is 9.99. The average Bonchev–Trinajstić information content (AvgIpc) is 3.20. The summed E-state index contributed by atoms with van der Waals surface area (Å²) in [6.45, 7) is 4.37. The maximum absolute atomic E-state index is 12.1. The van der Waals surface area contributed by atoms with E-state index in [9.17, 15) is 9.79 Å². The normalized spacial score (nSPS) is 11.8. The minimum absolute atomic E-state index is 0. The van der Waals surface area contributed by atoms with Crippen molar-refractivity contribution in [3.8, 4) is 0 Å². The van der Waals surface area contributed by atoms with Gasteiger partial charge >= 0.3 is 19.5 Å². The monoisotopic (exact) mass is 963 g/mol. The molecule has 0 unspecified atom stereocenters. The first kappa shape index (κ1) is 65.0. The van der Waals surface area contributed by atoms with Crippen LogP contribution in [0.5, 0.6) is 0 Å². The van der Waals surface area contributed by atoms with Crippen LogP contribution in [0.15, 0.2) is 0 Å². The SMILES string of the molecule is CCCCCCCCCCCCOP([O-])(=S)OCCCCCCCCCCCC.CCCCCCCCCCCCOP([O-])(=S)OCCCCCCCCCCCC.[Zn+2]. The van der Waals surface area contributed by atoms with Gasteiger partial charge in [-0.2, -0.15) is 0 Å². The van der Waals surface area contributed by atoms with E-state index in [1.54, 1.807) is 0 Å². The Labute approximate surface area is 393 Å². The maximum Gasteiger partial charge on any atom is 2.00 e. The van der Waals surface area contributed by atoms with Gasteiger partial charge in [0.05, 0.1) is 26.4 Å². The summed E-state index contributed by atoms with van der Waals surface area (Å²) in [5.74, 6) is 0. The summed E-state index contributed by atoms with van der Waals surface area (Å²) in [4.78, 5) is 24.2. The fourth-order valence-electron chi connectivity index (χ4n) is 7.14. The minimum atomic E-state index is -3.26. The van der Waals surface area contributed by atoms with Crippen molar-refractivity contribution in [1.29, 1.82) is 0 Å². The second-order valence-corrected chi connectivity index (χ2v) is 22.5. The van der Waals surface area contributed by atoms with Crippen molar-refractivity contribution in [2.45, 2.75) is 285 Å². The van der Waals surface area contributed by atoms with Crippen LogP contribution in [0.3, 0.4) is 0 Å². The number of rotatable bonds is 48. The summed E-state index contributed by atoms with van der Waals surface area (Å²) in [6, 6.07) is 0. The number of unbranched alkanes of at least 4 members (excludes halogenated alkanes) is 36. The Morgan fingerprint density at radius 1 is 0.254 bits per heavy atom. The molecule has 0 radical (unpaired) electrons. The molecule has 0 amide bonds. The molecular weight excluding hydrogens is 864 g/mol. The van der Waals surface area contributed by atoms with E-state index in [1.807, 2.05) is 0 Å². The fraction of sp³-hybridized carbons (Fsp3) is 1.00. The van der Waals surface area contributed by atoms with E-state index in [1.165, 1.54) is 205 Å². The van der Waals surface area contributed by atoms with Gasteiger partial charge in [0.1, 0.15) is 13.4 Å². The van der Waals surface area contributed by atoms with Crippen LogP contribution in [0.4, 0.5) is 0 Å². The second kappa shape index (κ2) is 54.0. The summed E-state index contributed by atoms with van der Waals surface area (Å²) < 4.78 is 21.4. The molecule has 0 aromatic heterocycles. The van der Waals surface area contributed by atoms with Crippen molar-refractivity contribution in [3.05, 3.63) is 0 Å². The van der Waals surface area contributed by atoms with E-state index in [4.69, 9.17) is 41.7 Å². The Balaban J connectivity index is -0.00000105. The third-order valence-corrected chi connectivity index (χ3v) is 14.2. The molecule has 11 heteroatoms. The van der Waals surface area contributed by atoms with Gasteiger partial charge < -0.3 is 27.9 Å². The third kappa shape index (κ3) is 59.7. The van der Waals surface area contributed by atoms with Gasteiger partial charge in [-0.05, 0) is 25.7 Å². The maximum atomic E-state index is 12.1. The molecule has 0 aliphatic heterocycles. The molecule has 0 heterocycles. The Bertz CT molecular complexity index is 747. The van der Waals surface area contributed by atoms with Crippen LogP contribution in [-0.4, -0.2) is 26.4 Å². The van der Waals surface area contributed by atoms with Gasteiger partial charge in [0.2, 0.25) is 0 Å². The zero-order valence-electron chi connectivity index (χ0n) is 40.0. The van der Waals surface area contributed by atoms with Gasteiger partial charge in [0.15, 0.2) is 0 Å². The predicted octanol–water partition coefficient (Wildman–Crippen LogP) is 16.9. The van der Waals surface area contributed by atoms with E-state index >= 15 is 0 Å². The van der Waals surface area contributed by atoms with Crippen molar-refractivity contribution in [2.75, 3.05) is 26.4 Å². The van der Waals surface area contributed by atoms with Crippen LogP contribution in [0, 0.1) is 0 Å². The van der Waals surface area contributed by atoms with Gasteiger partial charge in [-0.15, -0.1) is 0 Å². The Kier molecular flexibility index (Phi) is 59.5. The van der Waals surface area contributed by atoms with Crippen molar-refractivity contribution < 1.29 is 47.4 Å². The molecule has 0 aromatic carbocycles. The molecule has 0 aliphatic rings. The molecule has 0 spiro atoms. The van der Waals surface area contributed by atoms with E-state index in [2.05, 4.69) is 27.7 Å². The zero-order valence-corrected chi connectivity index (χ0v) is 46.4. The van der Waals surface area contributed by atoms with Crippen LogP contribution in [0.1, 0.15) is 285 Å². The summed E-state index contributed by atoms with van der Waals surface area (Å²) in [5.41, 5.74) is 0. The number of hydrogen-bond donors (Lipinski definition) is 0. The molecule has 0 N–H and O–H groups in total. The average molecular weight is 965 g/mol. The van der Waals surface area contributed by atoms with Gasteiger partial charge in [-0.1, -0.05) is 282 Å². The second-order valence-electron chi connectivity index (χ2n) is 17.0. The van der Waals surface area contributed by atoms with Crippen molar-refractivity contribution in [1.82, 2.24) is 0 Å². The zero-order chi connectivity index (χ0) is 42.9. The van der Waals surface area contributed by atoms with E-state index in [-0.39, 0.29) is 19.5 Å². The van der Waals surface area contributed by atoms with Crippen LogP contribution >= 0.6 is 13.4 Å². The van der Waals surface area contributed by atoms with Crippen LogP contribution in [-0.2, 0) is 61.2 Å². The summed E-state index contributed by atoms with van der Waals surface area (Å²) in [7, 11) is 0. The standard InChI is InChI=1S/2C24H51O3PS.Zn/c2*1-3-5-7-9-11-13-15-17-19-21-23-26-28(25,29)27-24-22-20-18-16-14-12-10-8-6-4-2;/h2*3-24H2,1-2H3,(H,25,29);/q;;+2/p-2. The quantitative estimate of drug-likeness (QED) is 0.0339. The minimum Gasteiger partial charge on any atom is -0.780 e. The molecule has 59 heavy (non-hydrogen) atoms. The molecule has 0 saturated carbocycles. The predicted molar refractivity (Wildman–Crippen MR) is 260 cm³/mol. The Hall–Kier alpha value is 1.68. The van der Waals surface area contributed by atoms with Crippen molar-refractivity contribution in [2.24, 2.45) is 0 Å². The van der Waals surface area contributed by atoms with Crippen LogP contribution in [0.2, 0.25) is 0 Å². The molecule has 0 rings (SSSR count). The van der Waals surface area contributed by atoms with Crippen LogP contribution < -0.4 is 9.79 Å².